The molecule has 0 spiro atoms. The van der Waals surface area contributed by atoms with Crippen molar-refractivity contribution in [2.24, 2.45) is 5.92 Å². The normalized spacial score (nSPS) is 16.2. The average Bonchev–Trinajstić information content (AvgIpc) is 2.77. The molecule has 190 valence electrons. The fourth-order valence-corrected chi connectivity index (χ4v) is 4.12. The van der Waals surface area contributed by atoms with Crippen LogP contribution in [0.1, 0.15) is 34.2 Å². The van der Waals surface area contributed by atoms with E-state index in [1.807, 2.05) is 17.0 Å². The summed E-state index contributed by atoms with van der Waals surface area (Å²) in [6.07, 6.45) is -7.90. The summed E-state index contributed by atoms with van der Waals surface area (Å²) in [7, 11) is 0. The van der Waals surface area contributed by atoms with E-state index in [1.54, 1.807) is 12.1 Å². The minimum Gasteiger partial charge on any atom is -0.489 e. The Bertz CT molecular complexity index is 1250. The maximum atomic E-state index is 13.3. The Balaban J connectivity index is 1.38. The van der Waals surface area contributed by atoms with Crippen LogP contribution in [0.15, 0.2) is 42.0 Å². The van der Waals surface area contributed by atoms with Gasteiger partial charge in [0.05, 0.1) is 17.0 Å². The standard InChI is InChI=1S/C26H21F6NO3/c27-25(28,29)21-8-7-18(22(11-21)26(30,31)32)4-2-1-3-16-5-6-19-9-17(15-36-23(19)10-16)12-33-13-20(14-33)24(34)35/h5-11,20H,2,4,12-15H2,(H,34,35). The highest BCUT2D eigenvalue weighted by molar-refractivity contribution is 5.71. The molecule has 0 unspecified atom stereocenters. The van der Waals surface area contributed by atoms with Gasteiger partial charge >= 0.3 is 18.3 Å². The Labute approximate surface area is 203 Å². The van der Waals surface area contributed by atoms with Gasteiger partial charge in [0.1, 0.15) is 12.4 Å². The predicted octanol–water partition coefficient (Wildman–Crippen LogP) is 5.50. The van der Waals surface area contributed by atoms with Gasteiger partial charge in [-0.2, -0.15) is 26.3 Å². The number of carboxylic acids is 1. The molecular formula is C26H21F6NO3. The molecule has 0 atom stereocenters. The van der Waals surface area contributed by atoms with E-state index in [2.05, 4.69) is 11.8 Å². The molecule has 2 aromatic rings. The summed E-state index contributed by atoms with van der Waals surface area (Å²) in [5.74, 6) is 5.13. The van der Waals surface area contributed by atoms with E-state index in [9.17, 15) is 31.1 Å². The zero-order chi connectivity index (χ0) is 26.1. The van der Waals surface area contributed by atoms with E-state index in [1.165, 1.54) is 0 Å². The summed E-state index contributed by atoms with van der Waals surface area (Å²) in [6, 6.07) is 6.92. The lowest BCUT2D eigenvalue weighted by atomic mass is 9.98. The second-order valence-corrected chi connectivity index (χ2v) is 8.74. The summed E-state index contributed by atoms with van der Waals surface area (Å²) in [5, 5.41) is 8.97. The lowest BCUT2D eigenvalue weighted by molar-refractivity contribution is -0.147. The number of rotatable bonds is 5. The van der Waals surface area contributed by atoms with Crippen LogP contribution in [0, 0.1) is 17.8 Å². The number of alkyl halides is 6. The Morgan fingerprint density at radius 3 is 2.47 bits per heavy atom. The number of benzene rings is 2. The van der Waals surface area contributed by atoms with Gasteiger partial charge in [0.2, 0.25) is 0 Å². The quantitative estimate of drug-likeness (QED) is 0.427. The number of likely N-dealkylation sites (tertiary alicyclic amines) is 1. The van der Waals surface area contributed by atoms with Gasteiger partial charge in [0, 0.05) is 37.2 Å². The van der Waals surface area contributed by atoms with Gasteiger partial charge in [-0.05, 0) is 47.9 Å². The van der Waals surface area contributed by atoms with E-state index in [0.29, 0.717) is 43.6 Å². The summed E-state index contributed by atoms with van der Waals surface area (Å²) in [4.78, 5) is 12.9. The molecule has 4 nitrogen and oxygen atoms in total. The third-order valence-corrected chi connectivity index (χ3v) is 6.01. The van der Waals surface area contributed by atoms with Crippen LogP contribution in [0.25, 0.3) is 6.08 Å². The number of aliphatic carboxylic acids is 1. The van der Waals surface area contributed by atoms with Crippen LogP contribution in [0.5, 0.6) is 5.75 Å². The van der Waals surface area contributed by atoms with Crippen molar-refractivity contribution in [1.82, 2.24) is 4.90 Å². The second kappa shape index (κ2) is 9.90. The number of hydrogen-bond donors (Lipinski definition) is 1. The lowest BCUT2D eigenvalue weighted by Gasteiger charge is -2.37. The minimum absolute atomic E-state index is 0.0314. The topological polar surface area (TPSA) is 49.8 Å². The molecule has 2 aromatic carbocycles. The average molecular weight is 509 g/mol. The highest BCUT2D eigenvalue weighted by atomic mass is 19.4. The maximum absolute atomic E-state index is 13.3. The minimum atomic E-state index is -4.90. The van der Waals surface area contributed by atoms with Crippen molar-refractivity contribution < 1.29 is 41.0 Å². The van der Waals surface area contributed by atoms with E-state index in [-0.39, 0.29) is 30.4 Å². The van der Waals surface area contributed by atoms with Crippen molar-refractivity contribution >= 4 is 12.0 Å². The smallest absolute Gasteiger partial charge is 0.416 e. The first kappa shape index (κ1) is 25.6. The largest absolute Gasteiger partial charge is 0.489 e. The van der Waals surface area contributed by atoms with Crippen molar-refractivity contribution in [3.05, 3.63) is 69.8 Å². The van der Waals surface area contributed by atoms with Crippen molar-refractivity contribution in [2.45, 2.75) is 25.2 Å². The molecule has 0 amide bonds. The van der Waals surface area contributed by atoms with Crippen LogP contribution in [0.4, 0.5) is 26.3 Å². The molecule has 10 heteroatoms. The van der Waals surface area contributed by atoms with Gasteiger partial charge in [-0.25, -0.2) is 0 Å². The van der Waals surface area contributed by atoms with Crippen molar-refractivity contribution in [3.63, 3.8) is 0 Å². The number of aryl methyl sites for hydroxylation is 1. The number of nitrogens with zero attached hydrogens (tertiary/aromatic N) is 1. The second-order valence-electron chi connectivity index (χ2n) is 8.74. The molecular weight excluding hydrogens is 488 g/mol. The van der Waals surface area contributed by atoms with Gasteiger partial charge in [0.15, 0.2) is 0 Å². The van der Waals surface area contributed by atoms with Crippen LogP contribution in [-0.4, -0.2) is 42.2 Å². The number of ether oxygens (including phenoxy) is 1. The monoisotopic (exact) mass is 509 g/mol. The molecule has 1 N–H and O–H groups in total. The lowest BCUT2D eigenvalue weighted by Crippen LogP contribution is -2.51. The van der Waals surface area contributed by atoms with Crippen LogP contribution >= 0.6 is 0 Å². The molecule has 36 heavy (non-hydrogen) atoms. The van der Waals surface area contributed by atoms with Crippen LogP contribution in [0.2, 0.25) is 0 Å². The van der Waals surface area contributed by atoms with Gasteiger partial charge in [-0.3, -0.25) is 9.69 Å². The van der Waals surface area contributed by atoms with Crippen molar-refractivity contribution in [2.75, 3.05) is 26.2 Å². The fraction of sp³-hybridized carbons (Fsp3) is 0.346. The number of halogens is 6. The summed E-state index contributed by atoms with van der Waals surface area (Å²) < 4.78 is 84.1. The van der Waals surface area contributed by atoms with Crippen LogP contribution < -0.4 is 4.74 Å². The van der Waals surface area contributed by atoms with E-state index in [0.717, 1.165) is 17.2 Å². The van der Waals surface area contributed by atoms with Gasteiger partial charge in [0.25, 0.3) is 0 Å². The molecule has 0 aliphatic carbocycles. The number of carbonyl (C=O) groups is 1. The molecule has 0 radical (unpaired) electrons. The third kappa shape index (κ3) is 6.02. The SMILES string of the molecule is O=C(O)C1CN(CC2=Cc3ccc(C#CCCc4ccc(C(F)(F)F)cc4C(F)(F)F)cc3OC2)C1. The van der Waals surface area contributed by atoms with Crippen LogP contribution in [-0.2, 0) is 23.6 Å². The molecule has 1 saturated heterocycles. The number of hydrogen-bond acceptors (Lipinski definition) is 3. The zero-order valence-corrected chi connectivity index (χ0v) is 18.8. The first-order valence-corrected chi connectivity index (χ1v) is 11.1. The van der Waals surface area contributed by atoms with E-state index in [4.69, 9.17) is 9.84 Å². The Morgan fingerprint density at radius 2 is 1.81 bits per heavy atom. The highest BCUT2D eigenvalue weighted by Crippen LogP contribution is 2.37. The Kier molecular flexibility index (Phi) is 7.05. The molecule has 1 fully saturated rings. The maximum Gasteiger partial charge on any atom is 0.416 e. The van der Waals surface area contributed by atoms with Gasteiger partial charge in [-0.15, -0.1) is 0 Å². The van der Waals surface area contributed by atoms with Gasteiger partial charge < -0.3 is 9.84 Å². The molecule has 0 aromatic heterocycles. The summed E-state index contributed by atoms with van der Waals surface area (Å²) >= 11 is 0. The summed E-state index contributed by atoms with van der Waals surface area (Å²) in [5.41, 5.74) is -0.432. The molecule has 0 bridgehead atoms. The Morgan fingerprint density at radius 1 is 1.06 bits per heavy atom. The van der Waals surface area contributed by atoms with Crippen molar-refractivity contribution in [1.29, 1.82) is 0 Å². The first-order valence-electron chi connectivity index (χ1n) is 11.1. The molecule has 2 aliphatic rings. The number of fused-ring (bicyclic) bond motifs is 1. The van der Waals surface area contributed by atoms with E-state index < -0.39 is 29.4 Å². The number of carboxylic acid groups (broad SMARTS) is 1. The first-order chi connectivity index (χ1) is 16.9. The van der Waals surface area contributed by atoms with E-state index >= 15 is 0 Å². The molecule has 2 aliphatic heterocycles. The van der Waals surface area contributed by atoms with Crippen LogP contribution in [0.3, 0.4) is 0 Å². The predicted molar refractivity (Wildman–Crippen MR) is 119 cm³/mol. The Hall–Kier alpha value is -3.45. The molecule has 2 heterocycles. The van der Waals surface area contributed by atoms with Crippen molar-refractivity contribution in [3.8, 4) is 17.6 Å². The zero-order valence-electron chi connectivity index (χ0n) is 18.8. The highest BCUT2D eigenvalue weighted by Gasteiger charge is 2.38. The van der Waals surface area contributed by atoms with Gasteiger partial charge in [-0.1, -0.05) is 24.0 Å². The molecule has 4 rings (SSSR count). The fourth-order valence-electron chi connectivity index (χ4n) is 4.12. The third-order valence-electron chi connectivity index (χ3n) is 6.01. The summed E-state index contributed by atoms with van der Waals surface area (Å²) in [6.45, 7) is 1.98. The molecule has 0 saturated carbocycles.